The van der Waals surface area contributed by atoms with Gasteiger partial charge in [-0.25, -0.2) is 14.0 Å². The van der Waals surface area contributed by atoms with E-state index in [2.05, 4.69) is 10.6 Å². The molecule has 2 atom stereocenters. The van der Waals surface area contributed by atoms with Gasteiger partial charge in [-0.05, 0) is 49.4 Å². The van der Waals surface area contributed by atoms with E-state index in [4.69, 9.17) is 21.1 Å². The maximum absolute atomic E-state index is 15.1. The molecule has 10 nitrogen and oxygen atoms in total. The van der Waals surface area contributed by atoms with Gasteiger partial charge in [-0.3, -0.25) is 14.2 Å². The lowest BCUT2D eigenvalue weighted by Gasteiger charge is -2.24. The minimum atomic E-state index is -0.926. The van der Waals surface area contributed by atoms with Crippen molar-refractivity contribution in [2.75, 3.05) is 30.9 Å². The molecular weight excluding hydrogens is 531 g/mol. The van der Waals surface area contributed by atoms with Crippen molar-refractivity contribution in [2.45, 2.75) is 25.5 Å². The van der Waals surface area contributed by atoms with E-state index in [9.17, 15) is 19.2 Å². The van der Waals surface area contributed by atoms with Crippen LogP contribution in [-0.2, 0) is 14.3 Å². The molecule has 1 aliphatic heterocycles. The number of rotatable bonds is 7. The fourth-order valence-electron chi connectivity index (χ4n) is 4.17. The van der Waals surface area contributed by atoms with E-state index in [0.29, 0.717) is 10.7 Å². The summed E-state index contributed by atoms with van der Waals surface area (Å²) in [5.41, 5.74) is 0.134. The third-order valence-electron chi connectivity index (χ3n) is 6.17. The summed E-state index contributed by atoms with van der Waals surface area (Å²) in [6, 6.07) is 11.3. The number of methoxy groups -OCH3 is 1. The van der Waals surface area contributed by atoms with Crippen LogP contribution in [0.5, 0.6) is 0 Å². The molecule has 2 unspecified atom stereocenters. The zero-order chi connectivity index (χ0) is 28.1. The lowest BCUT2D eigenvalue weighted by atomic mass is 10.1. The average molecular weight is 557 g/mol. The number of likely N-dealkylation sites (tertiary alicyclic amines) is 1. The fraction of sp³-hybridized carbons (Fsp3) is 0.259. The molecule has 12 heteroatoms. The van der Waals surface area contributed by atoms with Crippen molar-refractivity contribution in [2.24, 2.45) is 0 Å². The quantitative estimate of drug-likeness (QED) is 0.424. The highest BCUT2D eigenvalue weighted by Crippen LogP contribution is 2.25. The van der Waals surface area contributed by atoms with E-state index in [1.807, 2.05) is 0 Å². The maximum Gasteiger partial charge on any atom is 0.339 e. The summed E-state index contributed by atoms with van der Waals surface area (Å²) in [5, 5.41) is 5.75. The minimum Gasteiger partial charge on any atom is -0.462 e. The second kappa shape index (κ2) is 12.1. The first kappa shape index (κ1) is 27.8. The molecule has 4 rings (SSSR count). The van der Waals surface area contributed by atoms with Gasteiger partial charge in [0.1, 0.15) is 11.9 Å². The van der Waals surface area contributed by atoms with Crippen LogP contribution in [0.3, 0.4) is 0 Å². The highest BCUT2D eigenvalue weighted by Gasteiger charge is 2.40. The van der Waals surface area contributed by atoms with Gasteiger partial charge in [-0.15, -0.1) is 0 Å². The number of carbonyl (C=O) groups excluding carboxylic acids is 3. The predicted molar refractivity (Wildman–Crippen MR) is 143 cm³/mol. The Morgan fingerprint density at radius 2 is 1.82 bits per heavy atom. The van der Waals surface area contributed by atoms with Crippen LogP contribution in [0.1, 0.15) is 23.7 Å². The zero-order valence-corrected chi connectivity index (χ0v) is 21.9. The smallest absolute Gasteiger partial charge is 0.339 e. The molecule has 0 aliphatic carbocycles. The minimum absolute atomic E-state index is 0.125. The van der Waals surface area contributed by atoms with E-state index in [1.54, 1.807) is 31.2 Å². The number of pyridine rings is 1. The van der Waals surface area contributed by atoms with Gasteiger partial charge in [0.2, 0.25) is 5.91 Å². The Balaban J connectivity index is 1.51. The SMILES string of the molecule is CCOC(=O)c1ccc(=O)n(-c2ccc(NC(=O)C3CC(OC)CN3C(=O)Nc3ccc(Cl)cc3)c(F)c2)c1. The average Bonchev–Trinajstić information content (AvgIpc) is 3.37. The monoisotopic (exact) mass is 556 g/mol. The Bertz CT molecular complexity index is 1440. The van der Waals surface area contributed by atoms with Crippen molar-refractivity contribution in [3.63, 3.8) is 0 Å². The molecule has 1 aromatic heterocycles. The molecule has 204 valence electrons. The van der Waals surface area contributed by atoms with Crippen molar-refractivity contribution in [1.82, 2.24) is 9.47 Å². The summed E-state index contributed by atoms with van der Waals surface area (Å²) in [7, 11) is 1.48. The van der Waals surface area contributed by atoms with E-state index in [-0.39, 0.29) is 42.6 Å². The van der Waals surface area contributed by atoms with E-state index in [0.717, 1.165) is 10.6 Å². The Kier molecular flexibility index (Phi) is 8.62. The number of anilines is 2. The number of hydrogen-bond acceptors (Lipinski definition) is 6. The molecule has 1 fully saturated rings. The largest absolute Gasteiger partial charge is 0.462 e. The number of amides is 3. The second-order valence-corrected chi connectivity index (χ2v) is 9.13. The normalized spacial score (nSPS) is 16.6. The second-order valence-electron chi connectivity index (χ2n) is 8.70. The van der Waals surface area contributed by atoms with Gasteiger partial charge in [0.25, 0.3) is 5.56 Å². The van der Waals surface area contributed by atoms with Crippen LogP contribution in [0.4, 0.5) is 20.6 Å². The predicted octanol–water partition coefficient (Wildman–Crippen LogP) is 4.07. The number of nitrogens with one attached hydrogen (secondary N) is 2. The van der Waals surface area contributed by atoms with Crippen LogP contribution >= 0.6 is 11.6 Å². The molecule has 0 radical (unpaired) electrons. The Hall–Kier alpha value is -4.22. The van der Waals surface area contributed by atoms with Crippen LogP contribution < -0.4 is 16.2 Å². The first-order valence-corrected chi connectivity index (χ1v) is 12.4. The highest BCUT2D eigenvalue weighted by molar-refractivity contribution is 6.30. The zero-order valence-electron chi connectivity index (χ0n) is 21.1. The number of nitrogens with zero attached hydrogens (tertiary/aromatic N) is 2. The molecule has 2 N–H and O–H groups in total. The first-order chi connectivity index (χ1) is 18.7. The molecule has 2 heterocycles. The van der Waals surface area contributed by atoms with Crippen molar-refractivity contribution >= 4 is 40.9 Å². The van der Waals surface area contributed by atoms with Crippen LogP contribution in [0, 0.1) is 5.82 Å². The highest BCUT2D eigenvalue weighted by atomic mass is 35.5. The number of esters is 1. The number of halogens is 2. The van der Waals surface area contributed by atoms with Gasteiger partial charge >= 0.3 is 12.0 Å². The van der Waals surface area contributed by atoms with Gasteiger partial charge in [-0.2, -0.15) is 0 Å². The summed E-state index contributed by atoms with van der Waals surface area (Å²) in [6.45, 7) is 1.98. The summed E-state index contributed by atoms with van der Waals surface area (Å²) in [4.78, 5) is 51.8. The third kappa shape index (κ3) is 6.44. The third-order valence-corrected chi connectivity index (χ3v) is 6.42. The molecule has 1 aliphatic rings. The number of benzene rings is 2. The van der Waals surface area contributed by atoms with Gasteiger partial charge in [0, 0.05) is 49.1 Å². The van der Waals surface area contributed by atoms with E-state index >= 15 is 4.39 Å². The number of urea groups is 1. The van der Waals surface area contributed by atoms with Gasteiger partial charge in [0.05, 0.1) is 29.6 Å². The Labute approximate surface area is 228 Å². The fourth-order valence-corrected chi connectivity index (χ4v) is 4.29. The van der Waals surface area contributed by atoms with Crippen LogP contribution in [-0.4, -0.2) is 59.8 Å². The molecule has 0 saturated carbocycles. The summed E-state index contributed by atoms with van der Waals surface area (Å²) in [6.07, 6.45) is 1.09. The van der Waals surface area contributed by atoms with Crippen molar-refractivity contribution < 1.29 is 28.2 Å². The summed E-state index contributed by atoms with van der Waals surface area (Å²) in [5.74, 6) is -2.03. The lowest BCUT2D eigenvalue weighted by Crippen LogP contribution is -2.45. The summed E-state index contributed by atoms with van der Waals surface area (Å²) >= 11 is 5.89. The molecule has 39 heavy (non-hydrogen) atoms. The van der Waals surface area contributed by atoms with Crippen LogP contribution in [0.2, 0.25) is 5.02 Å². The van der Waals surface area contributed by atoms with Gasteiger partial charge in [-0.1, -0.05) is 11.6 Å². The van der Waals surface area contributed by atoms with Crippen LogP contribution in [0.25, 0.3) is 5.69 Å². The Morgan fingerprint density at radius 3 is 2.49 bits per heavy atom. The number of ether oxygens (including phenoxy) is 2. The van der Waals surface area contributed by atoms with Crippen molar-refractivity contribution in [1.29, 1.82) is 0 Å². The number of aromatic nitrogens is 1. The molecule has 0 spiro atoms. The molecule has 1 saturated heterocycles. The standard InChI is InChI=1S/C27H26ClFN4O6/c1-3-39-26(36)16-4-11-24(34)32(14-16)19-9-10-22(21(29)12-19)31-25(35)23-13-20(38-2)15-33(23)27(37)30-18-7-5-17(28)6-8-18/h4-12,14,20,23H,3,13,15H2,1-2H3,(H,30,37)(H,31,35). The lowest BCUT2D eigenvalue weighted by molar-refractivity contribution is -0.119. The maximum atomic E-state index is 15.1. The van der Waals surface area contributed by atoms with Crippen molar-refractivity contribution in [3.05, 3.63) is 87.6 Å². The van der Waals surface area contributed by atoms with E-state index in [1.165, 1.54) is 42.5 Å². The van der Waals surface area contributed by atoms with Gasteiger partial charge < -0.3 is 25.0 Å². The number of carbonyl (C=O) groups is 3. The summed E-state index contributed by atoms with van der Waals surface area (Å²) < 4.78 is 26.5. The van der Waals surface area contributed by atoms with E-state index < -0.39 is 35.3 Å². The number of hydrogen-bond donors (Lipinski definition) is 2. The topological polar surface area (TPSA) is 119 Å². The van der Waals surface area contributed by atoms with Gasteiger partial charge in [0.15, 0.2) is 0 Å². The molecule has 0 bridgehead atoms. The van der Waals surface area contributed by atoms with Crippen molar-refractivity contribution in [3.8, 4) is 5.69 Å². The first-order valence-electron chi connectivity index (χ1n) is 12.1. The molecule has 3 aromatic rings. The Morgan fingerprint density at radius 1 is 1.08 bits per heavy atom. The molecule has 2 aromatic carbocycles. The molecule has 3 amide bonds. The molecular formula is C27H26ClFN4O6. The van der Waals surface area contributed by atoms with Crippen LogP contribution in [0.15, 0.2) is 65.6 Å².